The van der Waals surface area contributed by atoms with Gasteiger partial charge in [0.1, 0.15) is 0 Å². The molecule has 1 amide bonds. The summed E-state index contributed by atoms with van der Waals surface area (Å²) in [4.78, 5) is 13.9. The van der Waals surface area contributed by atoms with Gasteiger partial charge >= 0.3 is 0 Å². The van der Waals surface area contributed by atoms with Gasteiger partial charge in [-0.25, -0.2) is 0 Å². The Balaban J connectivity index is 2.59. The summed E-state index contributed by atoms with van der Waals surface area (Å²) >= 11 is 4.36. The maximum atomic E-state index is 12.0. The molecular weight excluding hydrogens is 210 g/mol. The van der Waals surface area contributed by atoms with E-state index in [1.165, 1.54) is 0 Å². The monoisotopic (exact) mass is 231 g/mol. The van der Waals surface area contributed by atoms with Crippen molar-refractivity contribution in [1.29, 1.82) is 0 Å². The Morgan fingerprint density at radius 3 is 2.20 bits per heavy atom. The molecule has 0 bridgehead atoms. The lowest BCUT2D eigenvalue weighted by molar-refractivity contribution is -0.143. The topological polar surface area (TPSA) is 29.5 Å². The first-order chi connectivity index (χ1) is 6.91. The minimum atomic E-state index is -0.192. The summed E-state index contributed by atoms with van der Waals surface area (Å²) in [5.74, 6) is 0.407. The summed E-state index contributed by atoms with van der Waals surface area (Å²) in [7, 11) is 0. The van der Waals surface area contributed by atoms with Crippen LogP contribution in [0.2, 0.25) is 0 Å². The largest absolute Gasteiger partial charge is 0.372 e. The number of ether oxygens (including phenoxy) is 1. The molecule has 1 aliphatic rings. The summed E-state index contributed by atoms with van der Waals surface area (Å²) in [5.41, 5.74) is 0. The van der Waals surface area contributed by atoms with Crippen molar-refractivity contribution >= 4 is 18.5 Å². The summed E-state index contributed by atoms with van der Waals surface area (Å²) in [6, 6.07) is 0. The van der Waals surface area contributed by atoms with Crippen LogP contribution in [0, 0.1) is 5.92 Å². The van der Waals surface area contributed by atoms with Gasteiger partial charge in [-0.2, -0.15) is 12.6 Å². The molecule has 88 valence electrons. The van der Waals surface area contributed by atoms with E-state index in [1.807, 2.05) is 32.6 Å². The Bertz CT molecular complexity index is 223. The van der Waals surface area contributed by atoms with Gasteiger partial charge in [0.2, 0.25) is 5.91 Å². The van der Waals surface area contributed by atoms with Crippen molar-refractivity contribution in [2.75, 3.05) is 13.1 Å². The number of carbonyl (C=O) groups is 1. The van der Waals surface area contributed by atoms with E-state index in [0.29, 0.717) is 13.1 Å². The van der Waals surface area contributed by atoms with E-state index in [4.69, 9.17) is 4.74 Å². The fraction of sp³-hybridized carbons (Fsp3) is 0.909. The van der Waals surface area contributed by atoms with E-state index in [2.05, 4.69) is 12.6 Å². The van der Waals surface area contributed by atoms with Crippen LogP contribution in [0.4, 0.5) is 0 Å². The molecule has 0 aromatic carbocycles. The van der Waals surface area contributed by atoms with Crippen LogP contribution in [0.15, 0.2) is 0 Å². The zero-order chi connectivity index (χ0) is 11.6. The minimum Gasteiger partial charge on any atom is -0.372 e. The Labute approximate surface area is 97.6 Å². The van der Waals surface area contributed by atoms with Gasteiger partial charge in [-0.15, -0.1) is 0 Å². The molecule has 1 fully saturated rings. The molecule has 3 nitrogen and oxygen atoms in total. The van der Waals surface area contributed by atoms with Gasteiger partial charge in [-0.05, 0) is 19.8 Å². The number of thiol groups is 1. The second-order valence-corrected chi connectivity index (χ2v) is 5.25. The van der Waals surface area contributed by atoms with E-state index < -0.39 is 0 Å². The highest BCUT2D eigenvalue weighted by Crippen LogP contribution is 2.17. The van der Waals surface area contributed by atoms with Crippen LogP contribution in [-0.2, 0) is 9.53 Å². The molecular formula is C11H21NO2S. The van der Waals surface area contributed by atoms with E-state index in [0.717, 1.165) is 0 Å². The van der Waals surface area contributed by atoms with E-state index >= 15 is 0 Å². The third-order valence-electron chi connectivity index (χ3n) is 2.62. The SMILES string of the molecule is CC1CN(C(=O)C(S)C(C)C)CC(C)O1. The van der Waals surface area contributed by atoms with Crippen molar-refractivity contribution < 1.29 is 9.53 Å². The molecule has 15 heavy (non-hydrogen) atoms. The van der Waals surface area contributed by atoms with Gasteiger partial charge in [0, 0.05) is 13.1 Å². The number of rotatable bonds is 2. The Kier molecular flexibility index (Phi) is 4.46. The summed E-state index contributed by atoms with van der Waals surface area (Å²) in [6.07, 6.45) is 0.260. The third kappa shape index (κ3) is 3.38. The van der Waals surface area contributed by atoms with Crippen LogP contribution in [-0.4, -0.2) is 41.4 Å². The van der Waals surface area contributed by atoms with Crippen LogP contribution in [0.1, 0.15) is 27.7 Å². The maximum absolute atomic E-state index is 12.0. The van der Waals surface area contributed by atoms with E-state index in [-0.39, 0.29) is 29.3 Å². The van der Waals surface area contributed by atoms with Crippen LogP contribution in [0.3, 0.4) is 0 Å². The van der Waals surface area contributed by atoms with Crippen molar-refractivity contribution in [1.82, 2.24) is 4.90 Å². The molecule has 0 aliphatic carbocycles. The summed E-state index contributed by atoms with van der Waals surface area (Å²) in [5, 5.41) is -0.192. The molecule has 3 atom stereocenters. The van der Waals surface area contributed by atoms with Crippen molar-refractivity contribution in [2.24, 2.45) is 5.92 Å². The standard InChI is InChI=1S/C11H21NO2S/c1-7(2)10(15)11(13)12-5-8(3)14-9(4)6-12/h7-10,15H,5-6H2,1-4H3. The lowest BCUT2D eigenvalue weighted by Crippen LogP contribution is -2.51. The fourth-order valence-electron chi connectivity index (χ4n) is 1.83. The summed E-state index contributed by atoms with van der Waals surface area (Å²) in [6.45, 7) is 9.41. The number of hydrogen-bond donors (Lipinski definition) is 1. The molecule has 0 radical (unpaired) electrons. The zero-order valence-corrected chi connectivity index (χ0v) is 10.8. The van der Waals surface area contributed by atoms with Gasteiger partial charge < -0.3 is 9.64 Å². The Hall–Kier alpha value is -0.220. The molecule has 1 aliphatic heterocycles. The number of carbonyl (C=O) groups excluding carboxylic acids is 1. The third-order valence-corrected chi connectivity index (χ3v) is 3.43. The molecule has 0 spiro atoms. The number of hydrogen-bond acceptors (Lipinski definition) is 3. The van der Waals surface area contributed by atoms with Crippen molar-refractivity contribution in [3.8, 4) is 0 Å². The van der Waals surface area contributed by atoms with Crippen LogP contribution in [0.5, 0.6) is 0 Å². The maximum Gasteiger partial charge on any atom is 0.235 e. The van der Waals surface area contributed by atoms with Gasteiger partial charge in [0.15, 0.2) is 0 Å². The molecule has 1 rings (SSSR count). The Morgan fingerprint density at radius 1 is 1.33 bits per heavy atom. The average molecular weight is 231 g/mol. The first-order valence-corrected chi connectivity index (χ1v) is 6.05. The molecule has 4 heteroatoms. The second-order valence-electron chi connectivity index (χ2n) is 4.69. The predicted octanol–water partition coefficient (Wildman–Crippen LogP) is 1.58. The summed E-state index contributed by atoms with van der Waals surface area (Å²) < 4.78 is 5.59. The minimum absolute atomic E-state index is 0.130. The molecule has 3 unspecified atom stereocenters. The van der Waals surface area contributed by atoms with E-state index in [9.17, 15) is 4.79 Å². The fourth-order valence-corrected chi connectivity index (χ4v) is 1.99. The number of nitrogens with zero attached hydrogens (tertiary/aromatic N) is 1. The molecule has 1 heterocycles. The second kappa shape index (κ2) is 5.21. The lowest BCUT2D eigenvalue weighted by Gasteiger charge is -2.37. The van der Waals surface area contributed by atoms with Crippen molar-refractivity contribution in [3.05, 3.63) is 0 Å². The van der Waals surface area contributed by atoms with Crippen molar-refractivity contribution in [2.45, 2.75) is 45.2 Å². The zero-order valence-electron chi connectivity index (χ0n) is 9.93. The predicted molar refractivity (Wildman–Crippen MR) is 64.2 cm³/mol. The van der Waals surface area contributed by atoms with Crippen molar-refractivity contribution in [3.63, 3.8) is 0 Å². The molecule has 0 N–H and O–H groups in total. The lowest BCUT2D eigenvalue weighted by atomic mass is 10.1. The molecule has 1 saturated heterocycles. The molecule has 0 aromatic heterocycles. The van der Waals surface area contributed by atoms with E-state index in [1.54, 1.807) is 0 Å². The van der Waals surface area contributed by atoms with Crippen LogP contribution < -0.4 is 0 Å². The molecule has 0 saturated carbocycles. The van der Waals surface area contributed by atoms with Gasteiger partial charge in [0.05, 0.1) is 17.5 Å². The van der Waals surface area contributed by atoms with Gasteiger partial charge in [0.25, 0.3) is 0 Å². The van der Waals surface area contributed by atoms with Crippen LogP contribution >= 0.6 is 12.6 Å². The number of amides is 1. The highest BCUT2D eigenvalue weighted by atomic mass is 32.1. The highest BCUT2D eigenvalue weighted by molar-refractivity contribution is 7.81. The van der Waals surface area contributed by atoms with Gasteiger partial charge in [-0.1, -0.05) is 13.8 Å². The number of morpholine rings is 1. The Morgan fingerprint density at radius 2 is 1.80 bits per heavy atom. The molecule has 0 aromatic rings. The smallest absolute Gasteiger partial charge is 0.235 e. The van der Waals surface area contributed by atoms with Crippen LogP contribution in [0.25, 0.3) is 0 Å². The first-order valence-electron chi connectivity index (χ1n) is 5.54. The quantitative estimate of drug-likeness (QED) is 0.731. The highest BCUT2D eigenvalue weighted by Gasteiger charge is 2.30. The first kappa shape index (κ1) is 12.8. The average Bonchev–Trinajstić information content (AvgIpc) is 2.13. The van der Waals surface area contributed by atoms with Gasteiger partial charge in [-0.3, -0.25) is 4.79 Å². The normalized spacial score (nSPS) is 29.3.